The third kappa shape index (κ3) is 1.65. The van der Waals surface area contributed by atoms with Crippen LogP contribution in [0, 0.1) is 11.8 Å². The monoisotopic (exact) mass is 182 g/mol. The van der Waals surface area contributed by atoms with Crippen molar-refractivity contribution in [3.05, 3.63) is 12.2 Å². The van der Waals surface area contributed by atoms with Gasteiger partial charge < -0.3 is 9.84 Å². The first kappa shape index (κ1) is 9.22. The Hall–Kier alpha value is -0.340. The van der Waals surface area contributed by atoms with E-state index in [0.29, 0.717) is 30.7 Å². The maximum atomic E-state index is 8.94. The fraction of sp³-hybridized carbons (Fsp3) is 0.818. The van der Waals surface area contributed by atoms with E-state index in [4.69, 9.17) is 9.84 Å². The van der Waals surface area contributed by atoms with Crippen LogP contribution in [-0.4, -0.2) is 23.9 Å². The molecular formula is C11H18O2. The van der Waals surface area contributed by atoms with E-state index in [9.17, 15) is 0 Å². The largest absolute Gasteiger partial charge is 0.396 e. The number of fused-ring (bicyclic) bond motifs is 2. The molecule has 0 aromatic carbocycles. The van der Waals surface area contributed by atoms with Gasteiger partial charge in [0.2, 0.25) is 0 Å². The molecule has 1 N–H and O–H groups in total. The van der Waals surface area contributed by atoms with Crippen LogP contribution in [0.3, 0.4) is 0 Å². The maximum absolute atomic E-state index is 8.94. The summed E-state index contributed by atoms with van der Waals surface area (Å²) in [6.07, 6.45) is 8.35. The van der Waals surface area contributed by atoms with Gasteiger partial charge in [0.1, 0.15) is 0 Å². The second-order valence-corrected chi connectivity index (χ2v) is 4.10. The van der Waals surface area contributed by atoms with Crippen molar-refractivity contribution in [2.75, 3.05) is 6.61 Å². The predicted octanol–water partition coefficient (Wildman–Crippen LogP) is 1.74. The molecule has 0 aromatic heterocycles. The summed E-state index contributed by atoms with van der Waals surface area (Å²) in [5.41, 5.74) is 0. The van der Waals surface area contributed by atoms with E-state index in [2.05, 4.69) is 19.1 Å². The van der Waals surface area contributed by atoms with Gasteiger partial charge in [-0.25, -0.2) is 0 Å². The van der Waals surface area contributed by atoms with Gasteiger partial charge in [0.15, 0.2) is 0 Å². The van der Waals surface area contributed by atoms with E-state index in [-0.39, 0.29) is 0 Å². The lowest BCUT2D eigenvalue weighted by Gasteiger charge is -2.24. The molecule has 2 heterocycles. The van der Waals surface area contributed by atoms with Crippen molar-refractivity contribution in [1.82, 2.24) is 0 Å². The number of hydrogen-bond acceptors (Lipinski definition) is 2. The summed E-state index contributed by atoms with van der Waals surface area (Å²) in [7, 11) is 0. The first-order valence-corrected chi connectivity index (χ1v) is 5.29. The standard InChI is InChI=1S/C11H18O2/c1-2-8(5-6-12)10-7-9-3-4-11(10)13-9/h3-4,8-12H,2,5-7H2,1H3. The molecule has 0 aliphatic carbocycles. The average Bonchev–Trinajstić information content (AvgIpc) is 2.74. The van der Waals surface area contributed by atoms with E-state index in [0.717, 1.165) is 12.8 Å². The highest BCUT2D eigenvalue weighted by atomic mass is 16.5. The lowest BCUT2D eigenvalue weighted by molar-refractivity contribution is 0.0924. The third-order valence-corrected chi connectivity index (χ3v) is 3.40. The molecule has 4 unspecified atom stereocenters. The molecule has 0 amide bonds. The van der Waals surface area contributed by atoms with Crippen LogP contribution in [-0.2, 0) is 4.74 Å². The topological polar surface area (TPSA) is 29.5 Å². The zero-order valence-electron chi connectivity index (χ0n) is 8.15. The van der Waals surface area contributed by atoms with Gasteiger partial charge in [-0.15, -0.1) is 0 Å². The molecule has 2 rings (SSSR count). The van der Waals surface area contributed by atoms with Gasteiger partial charge in [0.25, 0.3) is 0 Å². The summed E-state index contributed by atoms with van der Waals surface area (Å²) >= 11 is 0. The number of hydrogen-bond donors (Lipinski definition) is 1. The SMILES string of the molecule is CCC(CCO)C1CC2C=CC1O2. The van der Waals surface area contributed by atoms with Crippen molar-refractivity contribution in [2.24, 2.45) is 11.8 Å². The Balaban J connectivity index is 1.96. The van der Waals surface area contributed by atoms with Crippen molar-refractivity contribution < 1.29 is 9.84 Å². The van der Waals surface area contributed by atoms with Crippen LogP contribution < -0.4 is 0 Å². The van der Waals surface area contributed by atoms with Crippen LogP contribution in [0.5, 0.6) is 0 Å². The number of rotatable bonds is 4. The Morgan fingerprint density at radius 2 is 2.38 bits per heavy atom. The van der Waals surface area contributed by atoms with Crippen LogP contribution in [0.15, 0.2) is 12.2 Å². The minimum Gasteiger partial charge on any atom is -0.396 e. The second kappa shape index (κ2) is 3.81. The molecule has 4 atom stereocenters. The van der Waals surface area contributed by atoms with Gasteiger partial charge in [-0.2, -0.15) is 0 Å². The highest BCUT2D eigenvalue weighted by molar-refractivity contribution is 5.11. The predicted molar refractivity (Wildman–Crippen MR) is 51.4 cm³/mol. The molecule has 0 saturated carbocycles. The fourth-order valence-electron chi connectivity index (χ4n) is 2.65. The molecule has 2 bridgehead atoms. The molecule has 74 valence electrons. The molecule has 1 fully saturated rings. The molecule has 2 heteroatoms. The summed E-state index contributed by atoms with van der Waals surface area (Å²) < 4.78 is 5.72. The number of aliphatic hydroxyl groups excluding tert-OH is 1. The van der Waals surface area contributed by atoms with Crippen molar-refractivity contribution in [3.8, 4) is 0 Å². The van der Waals surface area contributed by atoms with E-state index >= 15 is 0 Å². The molecule has 0 spiro atoms. The zero-order chi connectivity index (χ0) is 9.26. The normalized spacial score (nSPS) is 38.5. The lowest BCUT2D eigenvalue weighted by atomic mass is 9.80. The fourth-order valence-corrected chi connectivity index (χ4v) is 2.65. The zero-order valence-corrected chi connectivity index (χ0v) is 8.15. The van der Waals surface area contributed by atoms with E-state index in [1.807, 2.05) is 0 Å². The first-order valence-electron chi connectivity index (χ1n) is 5.29. The third-order valence-electron chi connectivity index (χ3n) is 3.40. The molecule has 0 radical (unpaired) electrons. The first-order chi connectivity index (χ1) is 6.35. The van der Waals surface area contributed by atoms with Crippen molar-refractivity contribution in [2.45, 2.75) is 38.4 Å². The molecule has 2 aliphatic heterocycles. The summed E-state index contributed by atoms with van der Waals surface area (Å²) in [6.45, 7) is 2.52. The van der Waals surface area contributed by atoms with Crippen LogP contribution in [0.2, 0.25) is 0 Å². The quantitative estimate of drug-likeness (QED) is 0.671. The molecular weight excluding hydrogens is 164 g/mol. The van der Waals surface area contributed by atoms with Gasteiger partial charge in [0.05, 0.1) is 12.2 Å². The summed E-state index contributed by atoms with van der Waals surface area (Å²) in [4.78, 5) is 0. The van der Waals surface area contributed by atoms with Crippen molar-refractivity contribution in [1.29, 1.82) is 0 Å². The van der Waals surface area contributed by atoms with Crippen LogP contribution in [0.25, 0.3) is 0 Å². The Morgan fingerprint density at radius 3 is 2.85 bits per heavy atom. The highest BCUT2D eigenvalue weighted by Crippen LogP contribution is 2.40. The van der Waals surface area contributed by atoms with Gasteiger partial charge in [-0.05, 0) is 24.7 Å². The minimum atomic E-state index is 0.316. The molecule has 2 nitrogen and oxygen atoms in total. The van der Waals surface area contributed by atoms with E-state index in [1.165, 1.54) is 6.42 Å². The average molecular weight is 182 g/mol. The van der Waals surface area contributed by atoms with Crippen LogP contribution >= 0.6 is 0 Å². The summed E-state index contributed by atoms with van der Waals surface area (Å²) in [6, 6.07) is 0. The van der Waals surface area contributed by atoms with E-state index < -0.39 is 0 Å². The van der Waals surface area contributed by atoms with Gasteiger partial charge in [-0.1, -0.05) is 25.5 Å². The van der Waals surface area contributed by atoms with Gasteiger partial charge in [-0.3, -0.25) is 0 Å². The Bertz CT molecular complexity index is 200. The van der Waals surface area contributed by atoms with Crippen LogP contribution in [0.4, 0.5) is 0 Å². The maximum Gasteiger partial charge on any atom is 0.0796 e. The Labute approximate surface area is 79.6 Å². The molecule has 2 aliphatic rings. The van der Waals surface area contributed by atoms with Crippen molar-refractivity contribution in [3.63, 3.8) is 0 Å². The molecule has 13 heavy (non-hydrogen) atoms. The van der Waals surface area contributed by atoms with Crippen LogP contribution in [0.1, 0.15) is 26.2 Å². The van der Waals surface area contributed by atoms with Gasteiger partial charge in [0, 0.05) is 6.61 Å². The van der Waals surface area contributed by atoms with E-state index in [1.54, 1.807) is 0 Å². The smallest absolute Gasteiger partial charge is 0.0796 e. The highest BCUT2D eigenvalue weighted by Gasteiger charge is 2.39. The minimum absolute atomic E-state index is 0.316. The number of aliphatic hydroxyl groups is 1. The molecule has 1 saturated heterocycles. The molecule has 0 aromatic rings. The van der Waals surface area contributed by atoms with Crippen molar-refractivity contribution >= 4 is 0 Å². The van der Waals surface area contributed by atoms with Gasteiger partial charge >= 0.3 is 0 Å². The summed E-state index contributed by atoms with van der Waals surface area (Å²) in [5, 5.41) is 8.94. The number of ether oxygens (including phenoxy) is 1. The Morgan fingerprint density at radius 1 is 1.54 bits per heavy atom. The Kier molecular flexibility index (Phi) is 2.70. The second-order valence-electron chi connectivity index (χ2n) is 4.10. The summed E-state index contributed by atoms with van der Waals surface area (Å²) in [5.74, 6) is 1.30. The lowest BCUT2D eigenvalue weighted by Crippen LogP contribution is -2.23.